The van der Waals surface area contributed by atoms with Crippen molar-refractivity contribution >= 4 is 38.9 Å². The number of nitrogens with zero attached hydrogens (tertiary/aromatic N) is 1. The van der Waals surface area contributed by atoms with Gasteiger partial charge in [-0.05, 0) is 18.6 Å². The molecule has 0 radical (unpaired) electrons. The second-order valence-corrected chi connectivity index (χ2v) is 8.47. The van der Waals surface area contributed by atoms with Crippen LogP contribution in [0.2, 0.25) is 4.34 Å². The zero-order valence-electron chi connectivity index (χ0n) is 10.9. The first-order valence-corrected chi connectivity index (χ1v) is 8.43. The molecule has 2 rings (SSSR count). The van der Waals surface area contributed by atoms with E-state index >= 15 is 0 Å². The summed E-state index contributed by atoms with van der Waals surface area (Å²) in [4.78, 5) is 11.1. The molecule has 112 valence electrons. The Morgan fingerprint density at radius 1 is 1.55 bits per heavy atom. The zero-order valence-corrected chi connectivity index (χ0v) is 13.3. The summed E-state index contributed by atoms with van der Waals surface area (Å²) in [5.41, 5.74) is 0.682. The maximum absolute atomic E-state index is 12.5. The third kappa shape index (κ3) is 2.71. The fourth-order valence-electron chi connectivity index (χ4n) is 2.02. The Bertz CT molecular complexity index is 607. The van der Waals surface area contributed by atoms with Crippen molar-refractivity contribution in [2.24, 2.45) is 5.92 Å². The van der Waals surface area contributed by atoms with Crippen molar-refractivity contribution in [2.45, 2.75) is 17.2 Å². The van der Waals surface area contributed by atoms with Crippen LogP contribution in [0.15, 0.2) is 10.3 Å². The second kappa shape index (κ2) is 5.61. The number of thiophene rings is 1. The van der Waals surface area contributed by atoms with Crippen LogP contribution < -0.4 is 0 Å². The van der Waals surface area contributed by atoms with Gasteiger partial charge in [0, 0.05) is 7.05 Å². The van der Waals surface area contributed by atoms with Gasteiger partial charge in [-0.1, -0.05) is 11.6 Å². The van der Waals surface area contributed by atoms with Gasteiger partial charge >= 0.3 is 5.97 Å². The van der Waals surface area contributed by atoms with Gasteiger partial charge in [0.1, 0.15) is 4.21 Å². The van der Waals surface area contributed by atoms with E-state index in [1.54, 1.807) is 6.92 Å². The number of hydrogen-bond acceptors (Lipinski definition) is 5. The van der Waals surface area contributed by atoms with Gasteiger partial charge in [-0.3, -0.25) is 4.79 Å². The third-order valence-corrected chi connectivity index (χ3v) is 7.19. The standard InChI is InChI=1S/C11H14ClNO5S2/c1-6-3-9(19-10(6)12)20(16,17)13(2)8-5-18-4-7(8)11(14)15/h3,7-8H,4-5H2,1-2H3,(H,14,15). The molecule has 20 heavy (non-hydrogen) atoms. The number of carboxylic acid groups (broad SMARTS) is 1. The smallest absolute Gasteiger partial charge is 0.310 e. The van der Waals surface area contributed by atoms with Gasteiger partial charge in [0.2, 0.25) is 0 Å². The van der Waals surface area contributed by atoms with Crippen molar-refractivity contribution in [3.05, 3.63) is 16.0 Å². The molecule has 0 spiro atoms. The number of aryl methyl sites for hydroxylation is 1. The minimum atomic E-state index is -3.77. The highest BCUT2D eigenvalue weighted by molar-refractivity contribution is 7.91. The van der Waals surface area contributed by atoms with Crippen molar-refractivity contribution in [3.8, 4) is 0 Å². The molecule has 1 saturated heterocycles. The van der Waals surface area contributed by atoms with Crippen molar-refractivity contribution in [1.29, 1.82) is 0 Å². The van der Waals surface area contributed by atoms with E-state index in [4.69, 9.17) is 21.4 Å². The van der Waals surface area contributed by atoms with Crippen LogP contribution in [0.1, 0.15) is 5.56 Å². The molecule has 9 heteroatoms. The molecule has 6 nitrogen and oxygen atoms in total. The van der Waals surface area contributed by atoms with Gasteiger partial charge in [-0.25, -0.2) is 8.42 Å². The van der Waals surface area contributed by atoms with E-state index in [1.807, 2.05) is 0 Å². The Morgan fingerprint density at radius 3 is 2.70 bits per heavy atom. The van der Waals surface area contributed by atoms with E-state index < -0.39 is 28.0 Å². The average Bonchev–Trinajstić information content (AvgIpc) is 2.96. The topological polar surface area (TPSA) is 83.9 Å². The Kier molecular flexibility index (Phi) is 4.41. The Morgan fingerprint density at radius 2 is 2.20 bits per heavy atom. The molecule has 1 aliphatic rings. The average molecular weight is 340 g/mol. The van der Waals surface area contributed by atoms with E-state index in [0.717, 1.165) is 15.6 Å². The number of likely N-dealkylation sites (N-methyl/N-ethyl adjacent to an activating group) is 1. The van der Waals surface area contributed by atoms with Crippen LogP contribution in [0.3, 0.4) is 0 Å². The predicted octanol–water partition coefficient (Wildman–Crippen LogP) is 1.43. The van der Waals surface area contributed by atoms with Crippen LogP contribution in [0.4, 0.5) is 0 Å². The number of carboxylic acids is 1. The summed E-state index contributed by atoms with van der Waals surface area (Å²) in [6.07, 6.45) is 0. The maximum Gasteiger partial charge on any atom is 0.310 e. The third-order valence-electron chi connectivity index (χ3n) is 3.30. The molecule has 1 N–H and O–H groups in total. The fourth-order valence-corrected chi connectivity index (χ4v) is 5.29. The Hall–Kier alpha value is -0.670. The number of aliphatic carboxylic acids is 1. The number of rotatable bonds is 4. The van der Waals surface area contributed by atoms with Gasteiger partial charge in [0.15, 0.2) is 0 Å². The van der Waals surface area contributed by atoms with Gasteiger partial charge in [0.25, 0.3) is 10.0 Å². The lowest BCUT2D eigenvalue weighted by Crippen LogP contribution is -2.43. The van der Waals surface area contributed by atoms with Crippen LogP contribution in [0.5, 0.6) is 0 Å². The molecule has 2 atom stereocenters. The molecular weight excluding hydrogens is 326 g/mol. The summed E-state index contributed by atoms with van der Waals surface area (Å²) in [5, 5.41) is 9.10. The lowest BCUT2D eigenvalue weighted by atomic mass is 10.1. The monoisotopic (exact) mass is 339 g/mol. The molecule has 0 bridgehead atoms. The normalized spacial score (nSPS) is 23.4. The van der Waals surface area contributed by atoms with Gasteiger partial charge in [-0.15, -0.1) is 11.3 Å². The van der Waals surface area contributed by atoms with E-state index in [1.165, 1.54) is 13.1 Å². The summed E-state index contributed by atoms with van der Waals surface area (Å²) in [7, 11) is -2.40. The molecule has 1 fully saturated rings. The van der Waals surface area contributed by atoms with Crippen LogP contribution in [0, 0.1) is 12.8 Å². The summed E-state index contributed by atoms with van der Waals surface area (Å²) in [6.45, 7) is 1.81. The van der Waals surface area contributed by atoms with Crippen LogP contribution >= 0.6 is 22.9 Å². The SMILES string of the molecule is Cc1cc(S(=O)(=O)N(C)C2COCC2C(=O)O)sc1Cl. The molecule has 1 aromatic rings. The minimum Gasteiger partial charge on any atom is -0.481 e. The lowest BCUT2D eigenvalue weighted by Gasteiger charge is -2.24. The quantitative estimate of drug-likeness (QED) is 0.897. The molecule has 1 aromatic heterocycles. The molecule has 0 saturated carbocycles. The molecular formula is C11H14ClNO5S2. The zero-order chi connectivity index (χ0) is 15.1. The first-order valence-electron chi connectivity index (χ1n) is 5.79. The Labute approximate surface area is 126 Å². The predicted molar refractivity (Wildman–Crippen MR) is 74.7 cm³/mol. The number of hydrogen-bond donors (Lipinski definition) is 1. The molecule has 0 aliphatic carbocycles. The Balaban J connectivity index is 2.31. The number of halogens is 1. The highest BCUT2D eigenvalue weighted by Crippen LogP contribution is 2.33. The second-order valence-electron chi connectivity index (χ2n) is 4.59. The fraction of sp³-hybridized carbons (Fsp3) is 0.545. The first-order chi connectivity index (χ1) is 9.25. The largest absolute Gasteiger partial charge is 0.481 e. The van der Waals surface area contributed by atoms with Crippen molar-refractivity contribution < 1.29 is 23.1 Å². The van der Waals surface area contributed by atoms with E-state index in [-0.39, 0.29) is 17.4 Å². The van der Waals surface area contributed by atoms with Crippen LogP contribution in [0.25, 0.3) is 0 Å². The molecule has 2 unspecified atom stereocenters. The molecule has 0 aromatic carbocycles. The van der Waals surface area contributed by atoms with Gasteiger partial charge in [-0.2, -0.15) is 4.31 Å². The lowest BCUT2D eigenvalue weighted by molar-refractivity contribution is -0.142. The van der Waals surface area contributed by atoms with Crippen LogP contribution in [-0.2, 0) is 19.6 Å². The first kappa shape index (κ1) is 15.7. The number of carbonyl (C=O) groups is 1. The number of ether oxygens (including phenoxy) is 1. The highest BCUT2D eigenvalue weighted by atomic mass is 35.5. The molecule has 2 heterocycles. The maximum atomic E-state index is 12.5. The highest BCUT2D eigenvalue weighted by Gasteiger charge is 2.41. The van der Waals surface area contributed by atoms with E-state index in [0.29, 0.717) is 9.90 Å². The van der Waals surface area contributed by atoms with Crippen molar-refractivity contribution in [2.75, 3.05) is 20.3 Å². The van der Waals surface area contributed by atoms with Crippen molar-refractivity contribution in [3.63, 3.8) is 0 Å². The summed E-state index contributed by atoms with van der Waals surface area (Å²) >= 11 is 6.86. The van der Waals surface area contributed by atoms with Crippen LogP contribution in [-0.4, -0.2) is 50.1 Å². The van der Waals surface area contributed by atoms with E-state index in [2.05, 4.69) is 0 Å². The summed E-state index contributed by atoms with van der Waals surface area (Å²) in [6, 6.07) is 0.781. The molecule has 1 aliphatic heterocycles. The van der Waals surface area contributed by atoms with Crippen molar-refractivity contribution in [1.82, 2.24) is 4.31 Å². The van der Waals surface area contributed by atoms with E-state index in [9.17, 15) is 13.2 Å². The minimum absolute atomic E-state index is 0.0179. The molecule has 0 amide bonds. The summed E-state index contributed by atoms with van der Waals surface area (Å²) < 4.78 is 31.7. The summed E-state index contributed by atoms with van der Waals surface area (Å²) in [5.74, 6) is -1.92. The number of sulfonamides is 1. The van der Waals surface area contributed by atoms with Gasteiger partial charge in [0.05, 0.1) is 29.5 Å². The van der Waals surface area contributed by atoms with Gasteiger partial charge < -0.3 is 9.84 Å².